The van der Waals surface area contributed by atoms with Gasteiger partial charge < -0.3 is 0 Å². The number of pyridine rings is 1. The lowest BCUT2D eigenvalue weighted by molar-refractivity contribution is -0.135. The van der Waals surface area contributed by atoms with Crippen LogP contribution in [0.5, 0.6) is 0 Å². The molecule has 4 fully saturated rings. The monoisotopic (exact) mass is 269 g/mol. The van der Waals surface area contributed by atoms with Crippen LogP contribution in [0.15, 0.2) is 18.3 Å². The van der Waals surface area contributed by atoms with Crippen LogP contribution >= 0.6 is 0 Å². The van der Waals surface area contributed by atoms with Gasteiger partial charge in [-0.1, -0.05) is 6.07 Å². The van der Waals surface area contributed by atoms with Crippen molar-refractivity contribution >= 4 is 5.78 Å². The first kappa shape index (κ1) is 12.6. The van der Waals surface area contributed by atoms with E-state index in [-0.39, 0.29) is 0 Å². The molecule has 4 saturated carbocycles. The summed E-state index contributed by atoms with van der Waals surface area (Å²) in [5, 5.41) is 0. The number of Topliss-reactive ketones (excluding diaryl/α,β-unsaturated/α-hetero) is 1. The quantitative estimate of drug-likeness (QED) is 0.839. The van der Waals surface area contributed by atoms with Gasteiger partial charge in [0.1, 0.15) is 5.78 Å². The van der Waals surface area contributed by atoms with E-state index < -0.39 is 0 Å². The summed E-state index contributed by atoms with van der Waals surface area (Å²) in [4.78, 5) is 17.2. The largest absolute Gasteiger partial charge is 0.299 e. The van der Waals surface area contributed by atoms with Gasteiger partial charge in [-0.3, -0.25) is 9.78 Å². The summed E-state index contributed by atoms with van der Waals surface area (Å²) in [6.45, 7) is 2.06. The van der Waals surface area contributed by atoms with Gasteiger partial charge in [0.2, 0.25) is 0 Å². The Hall–Kier alpha value is -1.18. The van der Waals surface area contributed by atoms with E-state index in [9.17, 15) is 4.79 Å². The van der Waals surface area contributed by atoms with Crippen molar-refractivity contribution in [2.45, 2.75) is 45.4 Å². The summed E-state index contributed by atoms with van der Waals surface area (Å²) in [5.74, 6) is 4.10. The minimum Gasteiger partial charge on any atom is -0.299 e. The van der Waals surface area contributed by atoms with Crippen LogP contribution < -0.4 is 0 Å². The van der Waals surface area contributed by atoms with Crippen molar-refractivity contribution in [3.8, 4) is 0 Å². The van der Waals surface area contributed by atoms with E-state index in [1.165, 1.54) is 32.1 Å². The van der Waals surface area contributed by atoms with Gasteiger partial charge in [0.25, 0.3) is 0 Å². The van der Waals surface area contributed by atoms with E-state index in [4.69, 9.17) is 0 Å². The summed E-state index contributed by atoms with van der Waals surface area (Å²) < 4.78 is 0. The highest BCUT2D eigenvalue weighted by molar-refractivity contribution is 5.84. The van der Waals surface area contributed by atoms with Gasteiger partial charge in [-0.2, -0.15) is 0 Å². The van der Waals surface area contributed by atoms with Gasteiger partial charge in [-0.15, -0.1) is 0 Å². The molecule has 0 aromatic carbocycles. The van der Waals surface area contributed by atoms with Crippen molar-refractivity contribution in [2.24, 2.45) is 29.6 Å². The average Bonchev–Trinajstić information content (AvgIpc) is 2.40. The van der Waals surface area contributed by atoms with Gasteiger partial charge in [0.05, 0.1) is 5.69 Å². The first-order valence-electron chi connectivity index (χ1n) is 8.14. The first-order chi connectivity index (χ1) is 9.70. The van der Waals surface area contributed by atoms with Crippen LogP contribution in [0.4, 0.5) is 0 Å². The second kappa shape index (κ2) is 4.68. The summed E-state index contributed by atoms with van der Waals surface area (Å²) in [5.41, 5.74) is 2.15. The lowest BCUT2D eigenvalue weighted by Crippen LogP contribution is -2.48. The first-order valence-corrected chi connectivity index (χ1v) is 8.14. The number of aromatic nitrogens is 1. The molecular formula is C18H23NO. The standard InChI is InChI=1S/C18H23NO/c1-11-3-2-4-19-16(11)10-17(20)18-14-6-12-5-13(8-14)9-15(18)7-12/h2-4,12-15,18H,5-10H2,1H3. The highest BCUT2D eigenvalue weighted by atomic mass is 16.1. The maximum Gasteiger partial charge on any atom is 0.142 e. The van der Waals surface area contributed by atoms with E-state index in [2.05, 4.69) is 18.0 Å². The molecule has 5 rings (SSSR count). The molecule has 0 spiro atoms. The number of hydrogen-bond donors (Lipinski definition) is 0. The lowest BCUT2D eigenvalue weighted by atomic mass is 9.51. The number of hydrogen-bond acceptors (Lipinski definition) is 2. The van der Waals surface area contributed by atoms with Gasteiger partial charge in [-0.25, -0.2) is 0 Å². The molecular weight excluding hydrogens is 246 g/mol. The zero-order chi connectivity index (χ0) is 13.7. The van der Waals surface area contributed by atoms with E-state index in [1.807, 2.05) is 12.3 Å². The van der Waals surface area contributed by atoms with Crippen LogP contribution in [-0.4, -0.2) is 10.8 Å². The Labute approximate surface area is 121 Å². The van der Waals surface area contributed by atoms with Crippen LogP contribution in [0.1, 0.15) is 43.4 Å². The molecule has 4 aliphatic rings. The van der Waals surface area contributed by atoms with Gasteiger partial charge in [0, 0.05) is 18.5 Å². The molecule has 0 radical (unpaired) electrons. The fourth-order valence-electron chi connectivity index (χ4n) is 5.44. The predicted octanol–water partition coefficient (Wildman–Crippen LogP) is 3.57. The molecule has 1 aromatic rings. The Kier molecular flexibility index (Phi) is 2.94. The van der Waals surface area contributed by atoms with Crippen molar-refractivity contribution in [3.05, 3.63) is 29.6 Å². The van der Waals surface area contributed by atoms with Crippen LogP contribution in [-0.2, 0) is 11.2 Å². The highest BCUT2D eigenvalue weighted by Crippen LogP contribution is 2.56. The van der Waals surface area contributed by atoms with Gasteiger partial charge in [-0.05, 0) is 74.3 Å². The second-order valence-electron chi connectivity index (χ2n) is 7.37. The molecule has 2 nitrogen and oxygen atoms in total. The molecule has 2 heteroatoms. The molecule has 4 bridgehead atoms. The summed E-state index contributed by atoms with van der Waals surface area (Å²) in [6, 6.07) is 4.01. The number of ketones is 1. The molecule has 0 saturated heterocycles. The van der Waals surface area contributed by atoms with Gasteiger partial charge in [0.15, 0.2) is 0 Å². The third-order valence-electron chi connectivity index (χ3n) is 6.06. The third kappa shape index (κ3) is 2.01. The maximum absolute atomic E-state index is 12.8. The Morgan fingerprint density at radius 2 is 1.80 bits per heavy atom. The summed E-state index contributed by atoms with van der Waals surface area (Å²) >= 11 is 0. The number of carbonyl (C=O) groups excluding carboxylic acids is 1. The average molecular weight is 269 g/mol. The molecule has 0 unspecified atom stereocenters. The molecule has 0 amide bonds. The van der Waals surface area contributed by atoms with Crippen LogP contribution in [0.3, 0.4) is 0 Å². The SMILES string of the molecule is Cc1cccnc1CC(=O)C1C2CC3CC(C2)CC1C3. The van der Waals surface area contributed by atoms with Crippen molar-refractivity contribution in [1.29, 1.82) is 0 Å². The number of nitrogens with zero attached hydrogens (tertiary/aromatic N) is 1. The Balaban J connectivity index is 1.53. The maximum atomic E-state index is 12.8. The molecule has 1 heterocycles. The Bertz CT molecular complexity index is 508. The van der Waals surface area contributed by atoms with Crippen molar-refractivity contribution in [3.63, 3.8) is 0 Å². The van der Waals surface area contributed by atoms with E-state index in [0.29, 0.717) is 30.0 Å². The number of carbonyl (C=O) groups is 1. The molecule has 20 heavy (non-hydrogen) atoms. The van der Waals surface area contributed by atoms with E-state index >= 15 is 0 Å². The molecule has 106 valence electrons. The minimum absolute atomic E-state index is 0.351. The zero-order valence-electron chi connectivity index (χ0n) is 12.2. The van der Waals surface area contributed by atoms with Crippen LogP contribution in [0, 0.1) is 36.5 Å². The Morgan fingerprint density at radius 3 is 2.40 bits per heavy atom. The fourth-order valence-corrected chi connectivity index (χ4v) is 5.44. The second-order valence-corrected chi connectivity index (χ2v) is 7.37. The fraction of sp³-hybridized carbons (Fsp3) is 0.667. The van der Waals surface area contributed by atoms with E-state index in [0.717, 1.165) is 23.1 Å². The minimum atomic E-state index is 0.351. The topological polar surface area (TPSA) is 30.0 Å². The zero-order valence-corrected chi connectivity index (χ0v) is 12.2. The number of aryl methyl sites for hydroxylation is 1. The molecule has 1 aromatic heterocycles. The van der Waals surface area contributed by atoms with Crippen LogP contribution in [0.25, 0.3) is 0 Å². The summed E-state index contributed by atoms with van der Waals surface area (Å²) in [6.07, 6.45) is 9.11. The van der Waals surface area contributed by atoms with Crippen LogP contribution in [0.2, 0.25) is 0 Å². The smallest absolute Gasteiger partial charge is 0.142 e. The van der Waals surface area contributed by atoms with Crippen molar-refractivity contribution in [2.75, 3.05) is 0 Å². The van der Waals surface area contributed by atoms with Crippen molar-refractivity contribution in [1.82, 2.24) is 4.98 Å². The van der Waals surface area contributed by atoms with E-state index in [1.54, 1.807) is 0 Å². The molecule has 4 aliphatic carbocycles. The summed E-state index contributed by atoms with van der Waals surface area (Å²) in [7, 11) is 0. The molecule has 0 N–H and O–H groups in total. The molecule has 0 atom stereocenters. The number of rotatable bonds is 3. The third-order valence-corrected chi connectivity index (χ3v) is 6.06. The normalized spacial score (nSPS) is 38.1. The highest BCUT2D eigenvalue weighted by Gasteiger charge is 2.50. The molecule has 0 aliphatic heterocycles. The predicted molar refractivity (Wildman–Crippen MR) is 78.2 cm³/mol. The Morgan fingerprint density at radius 1 is 1.15 bits per heavy atom. The lowest BCUT2D eigenvalue weighted by Gasteiger charge is -2.53. The van der Waals surface area contributed by atoms with Gasteiger partial charge >= 0.3 is 0 Å². The van der Waals surface area contributed by atoms with Crippen molar-refractivity contribution < 1.29 is 4.79 Å².